The molecule has 0 spiro atoms. The van der Waals surface area contributed by atoms with E-state index in [-0.39, 0.29) is 6.23 Å². The van der Waals surface area contributed by atoms with Crippen molar-refractivity contribution >= 4 is 32.4 Å². The molecule has 0 unspecified atom stereocenters. The fourth-order valence-electron chi connectivity index (χ4n) is 4.90. The zero-order valence-corrected chi connectivity index (χ0v) is 17.5. The molecule has 4 aromatic carbocycles. The Morgan fingerprint density at radius 1 is 0.862 bits per heavy atom. The number of hydrogen-bond acceptors (Lipinski definition) is 2. The summed E-state index contributed by atoms with van der Waals surface area (Å²) in [7, 11) is 0. The van der Waals surface area contributed by atoms with Gasteiger partial charge in [0.1, 0.15) is 5.75 Å². The van der Waals surface area contributed by atoms with E-state index in [0.29, 0.717) is 5.92 Å². The maximum absolute atomic E-state index is 6.59. The molecule has 0 radical (unpaired) electrons. The third-order valence-electron chi connectivity index (χ3n) is 6.21. The quantitative estimate of drug-likeness (QED) is 0.336. The van der Waals surface area contributed by atoms with Crippen LogP contribution in [0.4, 0.5) is 5.69 Å². The van der Waals surface area contributed by atoms with Gasteiger partial charge in [-0.1, -0.05) is 76.6 Å². The van der Waals surface area contributed by atoms with Gasteiger partial charge in [-0.05, 0) is 46.2 Å². The van der Waals surface area contributed by atoms with Crippen LogP contribution in [-0.2, 0) is 6.54 Å². The van der Waals surface area contributed by atoms with Crippen LogP contribution in [0.15, 0.2) is 89.4 Å². The summed E-state index contributed by atoms with van der Waals surface area (Å²) in [5.41, 5.74) is 5.32. The number of fused-ring (bicyclic) bond motifs is 8. The minimum atomic E-state index is 0.0483. The van der Waals surface area contributed by atoms with Gasteiger partial charge in [0.05, 0.1) is 0 Å². The lowest BCUT2D eigenvalue weighted by atomic mass is 9.79. The summed E-state index contributed by atoms with van der Waals surface area (Å²) in [4.78, 5) is 2.42. The monoisotopic (exact) mass is 441 g/mol. The molecule has 0 N–H and O–H groups in total. The van der Waals surface area contributed by atoms with Gasteiger partial charge in [0.2, 0.25) is 0 Å². The topological polar surface area (TPSA) is 12.5 Å². The first kappa shape index (κ1) is 17.1. The molecule has 2 atom stereocenters. The van der Waals surface area contributed by atoms with Crippen LogP contribution in [0, 0.1) is 0 Å². The third kappa shape index (κ3) is 2.76. The average Bonchev–Trinajstić information content (AvgIpc) is 2.77. The zero-order chi connectivity index (χ0) is 19.4. The van der Waals surface area contributed by atoms with Gasteiger partial charge < -0.3 is 9.64 Å². The van der Waals surface area contributed by atoms with E-state index in [1.807, 2.05) is 0 Å². The Kier molecular flexibility index (Phi) is 3.91. The number of halogens is 1. The highest BCUT2D eigenvalue weighted by Crippen LogP contribution is 2.51. The highest BCUT2D eigenvalue weighted by molar-refractivity contribution is 9.10. The van der Waals surface area contributed by atoms with E-state index in [1.165, 1.54) is 33.2 Å². The first-order valence-electron chi connectivity index (χ1n) is 10.1. The van der Waals surface area contributed by atoms with E-state index in [2.05, 4.69) is 106 Å². The van der Waals surface area contributed by atoms with Crippen LogP contribution in [0.25, 0.3) is 10.8 Å². The van der Waals surface area contributed by atoms with Crippen molar-refractivity contribution in [1.29, 1.82) is 0 Å². The lowest BCUT2D eigenvalue weighted by Gasteiger charge is -2.46. The summed E-state index contributed by atoms with van der Waals surface area (Å²) in [6, 6.07) is 30.4. The SMILES string of the molecule is Brc1ccc(CN2c3ccccc3[C@@H]3C[C@H]2Oc2ccc4ccccc4c23)cc1. The molecule has 4 aromatic rings. The van der Waals surface area contributed by atoms with Crippen LogP contribution in [0.1, 0.15) is 29.0 Å². The average molecular weight is 442 g/mol. The van der Waals surface area contributed by atoms with Crippen LogP contribution in [0.2, 0.25) is 0 Å². The predicted molar refractivity (Wildman–Crippen MR) is 122 cm³/mol. The molecule has 2 heterocycles. The third-order valence-corrected chi connectivity index (χ3v) is 6.74. The summed E-state index contributed by atoms with van der Waals surface area (Å²) in [6.07, 6.45) is 1.03. The standard InChI is InChI=1S/C26H20BrNO/c27-19-12-9-17(10-13-19)16-28-23-8-4-3-7-21(23)22-15-25(28)29-24-14-11-18-5-1-2-6-20(18)26(22)24/h1-14,22,25H,15-16H2/t22-,25+/m0/s1. The van der Waals surface area contributed by atoms with Gasteiger partial charge in [0.15, 0.2) is 6.23 Å². The van der Waals surface area contributed by atoms with E-state index in [4.69, 9.17) is 4.74 Å². The summed E-state index contributed by atoms with van der Waals surface area (Å²) in [6.45, 7) is 0.838. The maximum Gasteiger partial charge on any atom is 0.173 e. The van der Waals surface area contributed by atoms with Crippen molar-refractivity contribution in [2.45, 2.75) is 25.1 Å². The summed E-state index contributed by atoms with van der Waals surface area (Å²) >= 11 is 3.54. The molecule has 142 valence electrons. The largest absolute Gasteiger partial charge is 0.470 e. The zero-order valence-electron chi connectivity index (χ0n) is 15.9. The fraction of sp³-hybridized carbons (Fsp3) is 0.154. The van der Waals surface area contributed by atoms with Crippen molar-refractivity contribution in [2.75, 3.05) is 4.90 Å². The number of hydrogen-bond donors (Lipinski definition) is 0. The smallest absolute Gasteiger partial charge is 0.173 e. The van der Waals surface area contributed by atoms with E-state index < -0.39 is 0 Å². The molecule has 29 heavy (non-hydrogen) atoms. The van der Waals surface area contributed by atoms with Gasteiger partial charge >= 0.3 is 0 Å². The number of nitrogens with zero attached hydrogens (tertiary/aromatic N) is 1. The first-order valence-corrected chi connectivity index (χ1v) is 10.9. The van der Waals surface area contributed by atoms with Crippen molar-refractivity contribution in [3.63, 3.8) is 0 Å². The Hall–Kier alpha value is -2.78. The molecule has 0 saturated heterocycles. The van der Waals surface area contributed by atoms with Gasteiger partial charge in [-0.25, -0.2) is 0 Å². The van der Waals surface area contributed by atoms with Crippen LogP contribution < -0.4 is 9.64 Å². The Bertz CT molecular complexity index is 1220. The van der Waals surface area contributed by atoms with Crippen molar-refractivity contribution in [3.05, 3.63) is 106 Å². The van der Waals surface area contributed by atoms with Crippen molar-refractivity contribution in [2.24, 2.45) is 0 Å². The molecule has 6 rings (SSSR count). The molecule has 2 aliphatic rings. The Balaban J connectivity index is 1.49. The number of ether oxygens (including phenoxy) is 1. The Morgan fingerprint density at radius 3 is 2.55 bits per heavy atom. The number of benzene rings is 4. The molecular formula is C26H20BrNO. The second-order valence-electron chi connectivity index (χ2n) is 7.87. The molecule has 2 aliphatic heterocycles. The minimum absolute atomic E-state index is 0.0483. The fourth-order valence-corrected chi connectivity index (χ4v) is 5.16. The number of para-hydroxylation sites is 1. The Morgan fingerprint density at radius 2 is 1.66 bits per heavy atom. The van der Waals surface area contributed by atoms with Gasteiger partial charge in [-0.2, -0.15) is 0 Å². The molecule has 0 saturated carbocycles. The van der Waals surface area contributed by atoms with Crippen molar-refractivity contribution < 1.29 is 4.74 Å². The summed E-state index contributed by atoms with van der Waals surface area (Å²) in [5, 5.41) is 2.59. The van der Waals surface area contributed by atoms with E-state index in [9.17, 15) is 0 Å². The van der Waals surface area contributed by atoms with Gasteiger partial charge in [0.25, 0.3) is 0 Å². The molecular weight excluding hydrogens is 422 g/mol. The molecule has 0 fully saturated rings. The number of rotatable bonds is 2. The lowest BCUT2D eigenvalue weighted by Crippen LogP contribution is -2.46. The number of anilines is 1. The van der Waals surface area contributed by atoms with E-state index >= 15 is 0 Å². The minimum Gasteiger partial charge on any atom is -0.470 e. The van der Waals surface area contributed by atoms with E-state index in [1.54, 1.807) is 0 Å². The van der Waals surface area contributed by atoms with Crippen molar-refractivity contribution in [1.82, 2.24) is 0 Å². The maximum atomic E-state index is 6.59. The van der Waals surface area contributed by atoms with Crippen molar-refractivity contribution in [3.8, 4) is 5.75 Å². The second-order valence-corrected chi connectivity index (χ2v) is 8.79. The van der Waals surface area contributed by atoms with Crippen LogP contribution in [0.3, 0.4) is 0 Å². The van der Waals surface area contributed by atoms with Crippen LogP contribution >= 0.6 is 15.9 Å². The van der Waals surface area contributed by atoms with Crippen LogP contribution in [0.5, 0.6) is 5.75 Å². The molecule has 0 amide bonds. The molecule has 2 nitrogen and oxygen atoms in total. The van der Waals surface area contributed by atoms with E-state index in [0.717, 1.165) is 23.2 Å². The molecule has 3 heteroatoms. The van der Waals surface area contributed by atoms with Gasteiger partial charge in [-0.15, -0.1) is 0 Å². The lowest BCUT2D eigenvalue weighted by molar-refractivity contribution is 0.151. The molecule has 0 aliphatic carbocycles. The first-order chi connectivity index (χ1) is 14.3. The highest BCUT2D eigenvalue weighted by Gasteiger charge is 2.40. The van der Waals surface area contributed by atoms with Gasteiger partial charge in [-0.3, -0.25) is 0 Å². The molecule has 0 aromatic heterocycles. The van der Waals surface area contributed by atoms with Crippen LogP contribution in [-0.4, -0.2) is 6.23 Å². The highest BCUT2D eigenvalue weighted by atomic mass is 79.9. The molecule has 2 bridgehead atoms. The normalized spacial score (nSPS) is 19.4. The Labute approximate surface area is 178 Å². The predicted octanol–water partition coefficient (Wildman–Crippen LogP) is 6.86. The van der Waals surface area contributed by atoms with Gasteiger partial charge in [0, 0.05) is 34.6 Å². The summed E-state index contributed by atoms with van der Waals surface area (Å²) in [5.74, 6) is 1.40. The second kappa shape index (κ2) is 6.64. The summed E-state index contributed by atoms with van der Waals surface area (Å²) < 4.78 is 7.70.